The van der Waals surface area contributed by atoms with Gasteiger partial charge in [-0.2, -0.15) is 0 Å². The molecular formula is C50H57FN10O7S. The van der Waals surface area contributed by atoms with E-state index in [4.69, 9.17) is 29.2 Å². The number of nitrogens with zero attached hydrogens (tertiary/aromatic N) is 6. The number of benzene rings is 2. The minimum Gasteiger partial charge on any atom is -0.464 e. The van der Waals surface area contributed by atoms with Gasteiger partial charge in [0.25, 0.3) is 0 Å². The number of nitrogens with one attached hydrogen (secondary N) is 4. The van der Waals surface area contributed by atoms with Crippen molar-refractivity contribution in [2.45, 2.75) is 103 Å². The fourth-order valence-electron chi connectivity index (χ4n) is 10.1. The van der Waals surface area contributed by atoms with Crippen molar-refractivity contribution >= 4 is 46.2 Å². The van der Waals surface area contributed by atoms with Crippen molar-refractivity contribution in [1.29, 1.82) is 0 Å². The minimum atomic E-state index is -0.773. The van der Waals surface area contributed by atoms with E-state index in [1.165, 1.54) is 33.1 Å². The van der Waals surface area contributed by atoms with E-state index >= 15 is 4.39 Å². The van der Waals surface area contributed by atoms with E-state index < -0.39 is 36.3 Å². The summed E-state index contributed by atoms with van der Waals surface area (Å²) in [5, 5.41) is 7.31. The topological polar surface area (TPSA) is 202 Å². The molecule has 3 aliphatic heterocycles. The zero-order chi connectivity index (χ0) is 48.2. The van der Waals surface area contributed by atoms with Gasteiger partial charge in [0, 0.05) is 42.2 Å². The molecule has 10 rings (SSSR count). The van der Waals surface area contributed by atoms with E-state index in [0.717, 1.165) is 57.7 Å². The van der Waals surface area contributed by atoms with Crippen LogP contribution in [0.15, 0.2) is 55.0 Å². The smallest absolute Gasteiger partial charge is 0.407 e. The summed E-state index contributed by atoms with van der Waals surface area (Å²) in [4.78, 5) is 77.5. The van der Waals surface area contributed by atoms with Crippen LogP contribution in [0.2, 0.25) is 0 Å². The Morgan fingerprint density at radius 1 is 0.783 bits per heavy atom. The van der Waals surface area contributed by atoms with Gasteiger partial charge in [-0.05, 0) is 86.6 Å². The molecule has 1 saturated carbocycles. The van der Waals surface area contributed by atoms with Crippen LogP contribution in [-0.4, -0.2) is 103 Å². The first-order valence-corrected chi connectivity index (χ1v) is 24.6. The number of aromatic nitrogens is 6. The second-order valence-corrected chi connectivity index (χ2v) is 20.4. The Morgan fingerprint density at radius 3 is 1.94 bits per heavy atom. The molecule has 19 heteroatoms. The first-order chi connectivity index (χ1) is 33.3. The van der Waals surface area contributed by atoms with Crippen molar-refractivity contribution in [2.24, 2.45) is 17.8 Å². The summed E-state index contributed by atoms with van der Waals surface area (Å²) in [7, 11) is 2.55. The SMILES string of the molecule is COC(=O)N[C@H](C(=O)N1CCC[C@H]1c1ncc(-c2cc(F)c3c(c2)OC(c2cnc(CC4CC4)s2)n2c-3cc3cc(-c4cnc([C@@H]5CCCN5C(=O)[C@@H](NC(=O)OC)C(C)C)[nH]4)ccc32)[nH]1)C(C)C. The van der Waals surface area contributed by atoms with Crippen LogP contribution in [0.3, 0.4) is 0 Å². The highest BCUT2D eigenvalue weighted by Gasteiger charge is 2.40. The van der Waals surface area contributed by atoms with Crippen LogP contribution in [-0.2, 0) is 25.5 Å². The molecule has 1 aliphatic carbocycles. The number of likely N-dealkylation sites (tertiary alicyclic amines) is 2. The predicted octanol–water partition coefficient (Wildman–Crippen LogP) is 8.66. The van der Waals surface area contributed by atoms with E-state index in [0.29, 0.717) is 65.3 Å². The van der Waals surface area contributed by atoms with Gasteiger partial charge in [0.2, 0.25) is 18.0 Å². The third-order valence-electron chi connectivity index (χ3n) is 13.9. The number of hydrogen-bond donors (Lipinski definition) is 4. The fraction of sp³-hybridized carbons (Fsp3) is 0.460. The van der Waals surface area contributed by atoms with Gasteiger partial charge in [0.15, 0.2) is 0 Å². The van der Waals surface area contributed by atoms with Crippen LogP contribution in [0.4, 0.5) is 14.0 Å². The number of carbonyl (C=O) groups excluding carboxylic acids is 4. The molecule has 4 aliphatic rings. The lowest BCUT2D eigenvalue weighted by Gasteiger charge is -2.30. The zero-order valence-electron chi connectivity index (χ0n) is 39.5. The Labute approximate surface area is 402 Å². The molecular weight excluding hydrogens is 904 g/mol. The van der Waals surface area contributed by atoms with Gasteiger partial charge in [-0.15, -0.1) is 11.3 Å². The fourth-order valence-corrected chi connectivity index (χ4v) is 11.1. The van der Waals surface area contributed by atoms with Gasteiger partial charge < -0.3 is 44.6 Å². The molecule has 2 aromatic carbocycles. The van der Waals surface area contributed by atoms with Crippen molar-refractivity contribution < 1.29 is 37.8 Å². The number of methoxy groups -OCH3 is 2. The maximum atomic E-state index is 16.9. The number of thiazole rings is 1. The lowest BCUT2D eigenvalue weighted by molar-refractivity contribution is -0.136. The molecule has 17 nitrogen and oxygen atoms in total. The molecule has 362 valence electrons. The van der Waals surface area contributed by atoms with Gasteiger partial charge in [-0.25, -0.2) is 28.9 Å². The van der Waals surface area contributed by atoms with Gasteiger partial charge in [-0.3, -0.25) is 14.2 Å². The number of H-pyrrole nitrogens is 2. The summed E-state index contributed by atoms with van der Waals surface area (Å²) in [6.45, 7) is 8.57. The van der Waals surface area contributed by atoms with Crippen LogP contribution >= 0.6 is 11.3 Å². The number of rotatable bonds is 13. The van der Waals surface area contributed by atoms with E-state index in [2.05, 4.69) is 26.7 Å². The molecule has 4 aromatic heterocycles. The molecule has 2 saturated heterocycles. The summed E-state index contributed by atoms with van der Waals surface area (Å²) in [6.07, 6.45) is 9.63. The number of hydrogen-bond acceptors (Lipinski definition) is 11. The number of amides is 4. The van der Waals surface area contributed by atoms with Gasteiger partial charge in [0.1, 0.15) is 35.3 Å². The predicted molar refractivity (Wildman–Crippen MR) is 256 cm³/mol. The van der Waals surface area contributed by atoms with Gasteiger partial charge >= 0.3 is 12.2 Å². The normalized spacial score (nSPS) is 19.6. The number of carbonyl (C=O) groups is 4. The molecule has 3 fully saturated rings. The van der Waals surface area contributed by atoms with Crippen LogP contribution < -0.4 is 15.4 Å². The van der Waals surface area contributed by atoms with E-state index in [1.807, 2.05) is 62.7 Å². The number of aromatic amines is 2. The second-order valence-electron chi connectivity index (χ2n) is 19.2. The zero-order valence-corrected chi connectivity index (χ0v) is 40.3. The summed E-state index contributed by atoms with van der Waals surface area (Å²) in [5.74, 6) is 1.06. The first-order valence-electron chi connectivity index (χ1n) is 23.8. The second kappa shape index (κ2) is 18.6. The van der Waals surface area contributed by atoms with Gasteiger partial charge in [0.05, 0.1) is 76.7 Å². The van der Waals surface area contributed by atoms with E-state index in [1.54, 1.807) is 33.5 Å². The van der Waals surface area contributed by atoms with Crippen LogP contribution in [0, 0.1) is 23.6 Å². The number of imidazole rings is 2. The number of halogens is 1. The maximum Gasteiger partial charge on any atom is 0.407 e. The van der Waals surface area contributed by atoms with Crippen molar-refractivity contribution in [3.63, 3.8) is 0 Å². The van der Waals surface area contributed by atoms with Crippen LogP contribution in [0.25, 0.3) is 44.7 Å². The average molecular weight is 961 g/mol. The van der Waals surface area contributed by atoms with Crippen molar-refractivity contribution in [1.82, 2.24) is 49.9 Å². The Hall–Kier alpha value is -6.76. The standard InChI is InChI=1S/C50H57FN10O7S/c1-25(2)42(57-49(64)66-5)46(62)59-15-7-9-35(59)44-53-22-32(55-44)28-13-14-34-30(18-28)20-37-41-31(51)19-29(21-38(41)68-48(61(34)37)39-24-52-40(69-39)17-27-11-12-27)33-23-54-45(56-33)36-10-8-16-60(36)47(63)43(26(3)4)58-50(65)67-6/h13-14,18-27,35-36,42-43,48H,7-12,15-17H2,1-6H3,(H,53,55)(H,54,56)(H,57,64)(H,58,65)/t35-,36-,42-,43-,48?/m0/s1. The highest BCUT2D eigenvalue weighted by atomic mass is 32.1. The van der Waals surface area contributed by atoms with E-state index in [-0.39, 0.29) is 35.7 Å². The highest BCUT2D eigenvalue weighted by Crippen LogP contribution is 2.48. The quantitative estimate of drug-likeness (QED) is 0.0868. The molecule has 69 heavy (non-hydrogen) atoms. The first kappa shape index (κ1) is 46.0. The molecule has 0 bridgehead atoms. The third kappa shape index (κ3) is 8.80. The van der Waals surface area contributed by atoms with Crippen molar-refractivity contribution in [2.75, 3.05) is 27.3 Å². The monoisotopic (exact) mass is 960 g/mol. The Kier molecular flexibility index (Phi) is 12.4. The summed E-state index contributed by atoms with van der Waals surface area (Å²) in [5.41, 5.74) is 4.58. The molecule has 5 atom stereocenters. The minimum absolute atomic E-state index is 0.153. The molecule has 0 spiro atoms. The van der Waals surface area contributed by atoms with E-state index in [9.17, 15) is 19.2 Å². The summed E-state index contributed by atoms with van der Waals surface area (Å²) < 4.78 is 35.5. The van der Waals surface area contributed by atoms with Crippen molar-refractivity contribution in [3.8, 4) is 39.5 Å². The Morgan fingerprint density at radius 2 is 1.38 bits per heavy atom. The average Bonchev–Trinajstić information content (AvgIpc) is 4.07. The maximum absolute atomic E-state index is 16.9. The number of fused-ring (bicyclic) bond motifs is 5. The molecule has 7 heterocycles. The number of ether oxygens (including phenoxy) is 3. The Balaban J connectivity index is 0.965. The number of alkyl carbamates (subject to hydrolysis) is 2. The molecule has 0 radical (unpaired) electrons. The highest BCUT2D eigenvalue weighted by molar-refractivity contribution is 7.11. The summed E-state index contributed by atoms with van der Waals surface area (Å²) >= 11 is 1.62. The third-order valence-corrected chi connectivity index (χ3v) is 14.9. The molecule has 6 aromatic rings. The lowest BCUT2D eigenvalue weighted by atomic mass is 10.0. The molecule has 4 amide bonds. The van der Waals surface area contributed by atoms with Crippen LogP contribution in [0.1, 0.15) is 106 Å². The van der Waals surface area contributed by atoms with Crippen molar-refractivity contribution in [3.05, 3.63) is 82.3 Å². The molecule has 4 N–H and O–H groups in total. The van der Waals surface area contributed by atoms with Gasteiger partial charge in [-0.1, -0.05) is 33.8 Å². The summed E-state index contributed by atoms with van der Waals surface area (Å²) in [6, 6.07) is 9.23. The van der Waals surface area contributed by atoms with Crippen LogP contribution in [0.5, 0.6) is 5.75 Å². The Bertz CT molecular complexity index is 2940. The molecule has 1 unspecified atom stereocenters. The largest absolute Gasteiger partial charge is 0.464 e. The lowest BCUT2D eigenvalue weighted by Crippen LogP contribution is -2.51.